The predicted molar refractivity (Wildman–Crippen MR) is 155 cm³/mol. The van der Waals surface area contributed by atoms with Crippen molar-refractivity contribution in [2.75, 3.05) is 19.6 Å². The number of nitrogens with one attached hydrogen (secondary N) is 2. The molecule has 15 heteroatoms. The van der Waals surface area contributed by atoms with E-state index in [1.807, 2.05) is 13.8 Å². The van der Waals surface area contributed by atoms with E-state index in [1.54, 1.807) is 4.90 Å². The van der Waals surface area contributed by atoms with Crippen LogP contribution >= 0.6 is 7.82 Å². The van der Waals surface area contributed by atoms with Crippen molar-refractivity contribution >= 4 is 37.4 Å². The average Bonchev–Trinajstić information content (AvgIpc) is 3.41. The van der Waals surface area contributed by atoms with Crippen LogP contribution in [0.1, 0.15) is 58.4 Å². The van der Waals surface area contributed by atoms with Gasteiger partial charge in [0, 0.05) is 38.9 Å². The van der Waals surface area contributed by atoms with Crippen LogP contribution in [0.15, 0.2) is 24.3 Å². The Morgan fingerprint density at radius 2 is 1.63 bits per heavy atom. The van der Waals surface area contributed by atoms with Crippen LogP contribution in [-0.2, 0) is 35.0 Å². The molecule has 2 fully saturated rings. The van der Waals surface area contributed by atoms with Crippen LogP contribution in [0, 0.1) is 11.8 Å². The molecule has 5 amide bonds. The lowest BCUT2D eigenvalue weighted by Gasteiger charge is -2.36. The fourth-order valence-electron chi connectivity index (χ4n) is 5.56. The highest BCUT2D eigenvalue weighted by molar-refractivity contribution is 7.46. The molecule has 2 aliphatic rings. The molecule has 6 N–H and O–H groups in total. The number of benzene rings is 1. The highest BCUT2D eigenvalue weighted by Gasteiger charge is 2.41. The Bertz CT molecular complexity index is 1230. The van der Waals surface area contributed by atoms with Gasteiger partial charge in [-0.2, -0.15) is 0 Å². The van der Waals surface area contributed by atoms with Crippen LogP contribution in [0.3, 0.4) is 0 Å². The van der Waals surface area contributed by atoms with E-state index in [0.29, 0.717) is 57.3 Å². The third-order valence-corrected chi connectivity index (χ3v) is 8.08. The van der Waals surface area contributed by atoms with Gasteiger partial charge in [-0.1, -0.05) is 26.0 Å². The smallest absolute Gasteiger partial charge is 0.404 e. The van der Waals surface area contributed by atoms with E-state index in [9.17, 15) is 28.5 Å². The molecule has 0 unspecified atom stereocenters. The lowest BCUT2D eigenvalue weighted by Crippen LogP contribution is -2.57. The molecular weight excluding hydrogens is 581 g/mol. The second kappa shape index (κ2) is 14.8. The standard InChI is InChI=1S/C28H42N5O9P/c1-17(2)15-23(27(37)33-12-4-5-24(33)28(38)32-13-10-20(11-14-32)25(29)35)31-26(36)22(30-18(3)34)16-19-6-8-21(9-7-19)42-43(39,40)41/h6-9,17,20,22-24H,4-5,10-16H2,1-3H3,(H2,29,35)(H,30,34)(H,31,36)(H2,39,40,41)/t22-,23-,24-/m0/s1. The molecule has 0 aliphatic carbocycles. The van der Waals surface area contributed by atoms with E-state index in [2.05, 4.69) is 15.2 Å². The number of phosphoric acid groups is 1. The van der Waals surface area contributed by atoms with Crippen molar-refractivity contribution in [3.05, 3.63) is 29.8 Å². The Balaban J connectivity index is 1.72. The number of hydrogen-bond donors (Lipinski definition) is 5. The third kappa shape index (κ3) is 10.0. The Hall–Kier alpha value is -3.48. The number of hydrogen-bond acceptors (Lipinski definition) is 7. The van der Waals surface area contributed by atoms with Crippen molar-refractivity contribution in [2.45, 2.75) is 77.4 Å². The monoisotopic (exact) mass is 623 g/mol. The summed E-state index contributed by atoms with van der Waals surface area (Å²) in [7, 11) is -4.73. The minimum Gasteiger partial charge on any atom is -0.404 e. The van der Waals surface area contributed by atoms with Crippen molar-refractivity contribution < 1.29 is 42.8 Å². The molecule has 2 saturated heterocycles. The maximum absolute atomic E-state index is 13.8. The van der Waals surface area contributed by atoms with Crippen LogP contribution in [0.5, 0.6) is 5.75 Å². The van der Waals surface area contributed by atoms with Crippen molar-refractivity contribution in [1.82, 2.24) is 20.4 Å². The summed E-state index contributed by atoms with van der Waals surface area (Å²) in [6.07, 6.45) is 2.45. The van der Waals surface area contributed by atoms with Crippen molar-refractivity contribution in [1.29, 1.82) is 0 Å². The van der Waals surface area contributed by atoms with Crippen molar-refractivity contribution in [3.8, 4) is 5.75 Å². The molecule has 0 radical (unpaired) electrons. The summed E-state index contributed by atoms with van der Waals surface area (Å²) < 4.78 is 15.6. The summed E-state index contributed by atoms with van der Waals surface area (Å²) in [6, 6.07) is 3.05. The average molecular weight is 624 g/mol. The van der Waals surface area contributed by atoms with Gasteiger partial charge < -0.3 is 30.7 Å². The Morgan fingerprint density at radius 1 is 1.00 bits per heavy atom. The number of carbonyl (C=O) groups excluding carboxylic acids is 5. The lowest BCUT2D eigenvalue weighted by atomic mass is 9.95. The van der Waals surface area contributed by atoms with E-state index in [1.165, 1.54) is 36.1 Å². The van der Waals surface area contributed by atoms with Crippen LogP contribution in [0.25, 0.3) is 0 Å². The molecule has 43 heavy (non-hydrogen) atoms. The number of nitrogens with two attached hydrogens (primary N) is 1. The fraction of sp³-hybridized carbons (Fsp3) is 0.607. The van der Waals surface area contributed by atoms with Gasteiger partial charge in [-0.25, -0.2) is 4.57 Å². The fourth-order valence-corrected chi connectivity index (χ4v) is 5.96. The molecule has 2 aliphatic heterocycles. The first-order valence-electron chi connectivity index (χ1n) is 14.4. The van der Waals surface area contributed by atoms with Crippen molar-refractivity contribution in [3.63, 3.8) is 0 Å². The number of piperidine rings is 1. The molecule has 1 aromatic carbocycles. The highest BCUT2D eigenvalue weighted by atomic mass is 31.2. The molecule has 14 nitrogen and oxygen atoms in total. The van der Waals surface area contributed by atoms with Gasteiger partial charge in [0.15, 0.2) is 0 Å². The summed E-state index contributed by atoms with van der Waals surface area (Å²) in [6.45, 7) is 6.24. The van der Waals surface area contributed by atoms with Gasteiger partial charge in [0.1, 0.15) is 23.9 Å². The van der Waals surface area contributed by atoms with Crippen LogP contribution < -0.4 is 20.9 Å². The first-order chi connectivity index (χ1) is 20.1. The van der Waals surface area contributed by atoms with E-state index in [-0.39, 0.29) is 41.7 Å². The largest absolute Gasteiger partial charge is 0.524 e. The first kappa shape index (κ1) is 34.0. The molecule has 3 rings (SSSR count). The van der Waals surface area contributed by atoms with Gasteiger partial charge in [0.2, 0.25) is 29.5 Å². The SMILES string of the molecule is CC(=O)N[C@@H](Cc1ccc(OP(=O)(O)O)cc1)C(=O)N[C@@H](CC(C)C)C(=O)N1CCC[C@H]1C(=O)N1CCC(C(N)=O)CC1. The molecule has 1 aromatic rings. The molecular formula is C28H42N5O9P. The van der Waals surface area contributed by atoms with Crippen molar-refractivity contribution in [2.24, 2.45) is 17.6 Å². The van der Waals surface area contributed by atoms with E-state index in [0.717, 1.165) is 0 Å². The Morgan fingerprint density at radius 3 is 2.16 bits per heavy atom. The minimum atomic E-state index is -4.73. The zero-order valence-corrected chi connectivity index (χ0v) is 25.6. The molecule has 0 saturated carbocycles. The van der Waals surface area contributed by atoms with Gasteiger partial charge in [0.05, 0.1) is 0 Å². The number of amides is 5. The number of likely N-dealkylation sites (tertiary alicyclic amines) is 2. The number of primary amides is 1. The lowest BCUT2D eigenvalue weighted by molar-refractivity contribution is -0.147. The minimum absolute atomic E-state index is 0.0274. The molecule has 0 aromatic heterocycles. The second-order valence-corrected chi connectivity index (χ2v) is 12.7. The summed E-state index contributed by atoms with van der Waals surface area (Å²) in [5.74, 6) is -2.26. The number of carbonyl (C=O) groups is 5. The van der Waals surface area contributed by atoms with Gasteiger partial charge in [-0.3, -0.25) is 33.8 Å². The zero-order chi connectivity index (χ0) is 31.9. The molecule has 238 valence electrons. The first-order valence-corrected chi connectivity index (χ1v) is 16.0. The molecule has 2 heterocycles. The van der Waals surface area contributed by atoms with Gasteiger partial charge in [-0.05, 0) is 55.7 Å². The Kier molecular flexibility index (Phi) is 11.7. The van der Waals surface area contributed by atoms with Gasteiger partial charge in [0.25, 0.3) is 0 Å². The van der Waals surface area contributed by atoms with Crippen LogP contribution in [0.2, 0.25) is 0 Å². The molecule has 0 spiro atoms. The topological polar surface area (TPSA) is 209 Å². The van der Waals surface area contributed by atoms with E-state index in [4.69, 9.17) is 15.5 Å². The third-order valence-electron chi connectivity index (χ3n) is 7.63. The number of nitrogens with zero attached hydrogens (tertiary/aromatic N) is 2. The molecule has 3 atom stereocenters. The number of rotatable bonds is 12. The quantitative estimate of drug-likeness (QED) is 0.205. The summed E-state index contributed by atoms with van der Waals surface area (Å²) in [5.41, 5.74) is 5.99. The van der Waals surface area contributed by atoms with E-state index < -0.39 is 37.8 Å². The maximum atomic E-state index is 13.8. The van der Waals surface area contributed by atoms with Crippen LogP contribution in [0.4, 0.5) is 0 Å². The second-order valence-electron chi connectivity index (χ2n) is 11.6. The zero-order valence-electron chi connectivity index (χ0n) is 24.7. The predicted octanol–water partition coefficient (Wildman–Crippen LogP) is 0.451. The maximum Gasteiger partial charge on any atom is 0.524 e. The normalized spacial score (nSPS) is 19.1. The summed E-state index contributed by atoms with van der Waals surface area (Å²) in [4.78, 5) is 85.4. The summed E-state index contributed by atoms with van der Waals surface area (Å²) >= 11 is 0. The number of phosphoric ester groups is 1. The van der Waals surface area contributed by atoms with Gasteiger partial charge >= 0.3 is 7.82 Å². The summed E-state index contributed by atoms with van der Waals surface area (Å²) in [5, 5.41) is 5.41. The van der Waals surface area contributed by atoms with E-state index >= 15 is 0 Å². The molecule has 0 bridgehead atoms. The van der Waals surface area contributed by atoms with Crippen LogP contribution in [-0.4, -0.2) is 86.9 Å². The van der Waals surface area contributed by atoms with Gasteiger partial charge in [-0.15, -0.1) is 0 Å². The highest BCUT2D eigenvalue weighted by Crippen LogP contribution is 2.37. The Labute approximate surface area is 250 Å².